The standard InChI is InChI=1S/C25H27NO6/c1-15-19(22(29-3)24(31-5)23(30-4)21(15)28-2)12-16-9-10-18(17-8-7-11-26-14-17)20(13-16)25(27)32-6/h7-11,13-14H,12H2,1-6H3. The fraction of sp³-hybridized carbons (Fsp3) is 0.280. The van der Waals surface area contributed by atoms with Crippen molar-refractivity contribution in [1.82, 2.24) is 4.98 Å². The normalized spacial score (nSPS) is 10.4. The van der Waals surface area contributed by atoms with Crippen molar-refractivity contribution in [2.75, 3.05) is 35.5 Å². The highest BCUT2D eigenvalue weighted by atomic mass is 16.5. The van der Waals surface area contributed by atoms with E-state index in [0.29, 0.717) is 35.0 Å². The average molecular weight is 437 g/mol. The van der Waals surface area contributed by atoms with Crippen LogP contribution in [-0.2, 0) is 11.2 Å². The number of aromatic nitrogens is 1. The van der Waals surface area contributed by atoms with Gasteiger partial charge >= 0.3 is 5.97 Å². The van der Waals surface area contributed by atoms with E-state index >= 15 is 0 Å². The summed E-state index contributed by atoms with van der Waals surface area (Å²) in [5.74, 6) is 1.63. The van der Waals surface area contributed by atoms with Gasteiger partial charge in [0.1, 0.15) is 0 Å². The highest BCUT2D eigenvalue weighted by molar-refractivity contribution is 5.97. The maximum atomic E-state index is 12.6. The second-order valence-electron chi connectivity index (χ2n) is 7.03. The largest absolute Gasteiger partial charge is 0.492 e. The van der Waals surface area contributed by atoms with E-state index in [9.17, 15) is 4.79 Å². The van der Waals surface area contributed by atoms with Gasteiger partial charge < -0.3 is 23.7 Å². The Bertz CT molecular complexity index is 1110. The molecule has 0 aliphatic rings. The van der Waals surface area contributed by atoms with Gasteiger partial charge in [0.05, 0.1) is 41.1 Å². The first-order chi connectivity index (χ1) is 15.5. The number of methoxy groups -OCH3 is 5. The Hall–Kier alpha value is -3.74. The van der Waals surface area contributed by atoms with Crippen LogP contribution in [-0.4, -0.2) is 46.5 Å². The van der Waals surface area contributed by atoms with Gasteiger partial charge in [-0.1, -0.05) is 18.2 Å². The van der Waals surface area contributed by atoms with Crippen molar-refractivity contribution in [3.05, 3.63) is 65.0 Å². The molecular weight excluding hydrogens is 410 g/mol. The van der Waals surface area contributed by atoms with Gasteiger partial charge in [0.2, 0.25) is 11.5 Å². The van der Waals surface area contributed by atoms with Gasteiger partial charge in [-0.05, 0) is 30.2 Å². The minimum Gasteiger partial charge on any atom is -0.492 e. The number of hydrogen-bond acceptors (Lipinski definition) is 7. The smallest absolute Gasteiger partial charge is 0.338 e. The number of carbonyl (C=O) groups excluding carboxylic acids is 1. The summed E-state index contributed by atoms with van der Waals surface area (Å²) in [6, 6.07) is 9.43. The van der Waals surface area contributed by atoms with Gasteiger partial charge in [0, 0.05) is 35.5 Å². The molecule has 0 spiro atoms. The van der Waals surface area contributed by atoms with E-state index in [1.807, 2.05) is 37.3 Å². The van der Waals surface area contributed by atoms with Crippen LogP contribution in [0.2, 0.25) is 0 Å². The van der Waals surface area contributed by atoms with Crippen molar-refractivity contribution in [1.29, 1.82) is 0 Å². The molecule has 3 aromatic rings. The Kier molecular flexibility index (Phi) is 7.20. The Labute approximate surface area is 187 Å². The molecule has 168 valence electrons. The Balaban J connectivity index is 2.16. The maximum absolute atomic E-state index is 12.6. The molecule has 0 radical (unpaired) electrons. The third-order valence-electron chi connectivity index (χ3n) is 5.35. The molecule has 7 nitrogen and oxygen atoms in total. The van der Waals surface area contributed by atoms with E-state index in [-0.39, 0.29) is 0 Å². The summed E-state index contributed by atoms with van der Waals surface area (Å²) < 4.78 is 27.4. The molecule has 0 atom stereocenters. The van der Waals surface area contributed by atoms with E-state index in [1.54, 1.807) is 40.8 Å². The van der Waals surface area contributed by atoms with Crippen molar-refractivity contribution in [2.45, 2.75) is 13.3 Å². The first-order valence-electron chi connectivity index (χ1n) is 9.97. The molecule has 0 amide bonds. The number of rotatable bonds is 8. The lowest BCUT2D eigenvalue weighted by molar-refractivity contribution is 0.0601. The topological polar surface area (TPSA) is 76.1 Å². The molecule has 0 saturated carbocycles. The van der Waals surface area contributed by atoms with Crippen molar-refractivity contribution < 1.29 is 28.5 Å². The first kappa shape index (κ1) is 22.9. The Morgan fingerprint density at radius 3 is 2.09 bits per heavy atom. The van der Waals surface area contributed by atoms with E-state index in [4.69, 9.17) is 23.7 Å². The van der Waals surface area contributed by atoms with Crippen molar-refractivity contribution in [3.8, 4) is 34.1 Å². The van der Waals surface area contributed by atoms with Crippen molar-refractivity contribution in [2.24, 2.45) is 0 Å². The zero-order chi connectivity index (χ0) is 23.3. The molecule has 0 unspecified atom stereocenters. The number of pyridine rings is 1. The number of hydrogen-bond donors (Lipinski definition) is 0. The molecule has 0 N–H and O–H groups in total. The van der Waals surface area contributed by atoms with Crippen LogP contribution in [0.1, 0.15) is 27.0 Å². The highest BCUT2D eigenvalue weighted by Gasteiger charge is 2.26. The SMILES string of the molecule is COC(=O)c1cc(Cc2c(C)c(OC)c(OC)c(OC)c2OC)ccc1-c1cccnc1. The van der Waals surface area contributed by atoms with Gasteiger partial charge in [-0.15, -0.1) is 0 Å². The molecule has 7 heteroatoms. The minimum atomic E-state index is -0.417. The molecule has 1 heterocycles. The monoisotopic (exact) mass is 437 g/mol. The van der Waals surface area contributed by atoms with Gasteiger partial charge in [0.25, 0.3) is 0 Å². The molecule has 0 aliphatic heterocycles. The second-order valence-corrected chi connectivity index (χ2v) is 7.03. The molecule has 0 bridgehead atoms. The van der Waals surface area contributed by atoms with E-state index < -0.39 is 5.97 Å². The number of esters is 1. The van der Waals surface area contributed by atoms with Gasteiger partial charge in [-0.25, -0.2) is 4.79 Å². The summed E-state index contributed by atoms with van der Waals surface area (Å²) in [4.78, 5) is 16.7. The van der Waals surface area contributed by atoms with Crippen LogP contribution in [0, 0.1) is 6.92 Å². The molecule has 32 heavy (non-hydrogen) atoms. The average Bonchev–Trinajstić information content (AvgIpc) is 2.84. The van der Waals surface area contributed by atoms with Crippen LogP contribution >= 0.6 is 0 Å². The molecule has 0 aliphatic carbocycles. The third kappa shape index (κ3) is 4.19. The summed E-state index contributed by atoms with van der Waals surface area (Å²) in [7, 11) is 7.64. The predicted octanol–water partition coefficient (Wildman–Crippen LogP) is 4.47. The lowest BCUT2D eigenvalue weighted by Gasteiger charge is -2.22. The van der Waals surface area contributed by atoms with Crippen LogP contribution in [0.25, 0.3) is 11.1 Å². The second kappa shape index (κ2) is 10.0. The number of benzene rings is 2. The van der Waals surface area contributed by atoms with Gasteiger partial charge in [-0.2, -0.15) is 0 Å². The van der Waals surface area contributed by atoms with Gasteiger partial charge in [-0.3, -0.25) is 4.98 Å². The van der Waals surface area contributed by atoms with Crippen molar-refractivity contribution in [3.63, 3.8) is 0 Å². The molecule has 2 aromatic carbocycles. The van der Waals surface area contributed by atoms with E-state index in [0.717, 1.165) is 27.8 Å². The lowest BCUT2D eigenvalue weighted by Crippen LogP contribution is -2.07. The zero-order valence-electron chi connectivity index (χ0n) is 19.1. The van der Waals surface area contributed by atoms with Crippen LogP contribution < -0.4 is 18.9 Å². The van der Waals surface area contributed by atoms with Crippen LogP contribution in [0.15, 0.2) is 42.7 Å². The maximum Gasteiger partial charge on any atom is 0.338 e. The fourth-order valence-electron chi connectivity index (χ4n) is 3.82. The Morgan fingerprint density at radius 1 is 0.875 bits per heavy atom. The van der Waals surface area contributed by atoms with E-state index in [2.05, 4.69) is 4.98 Å². The van der Waals surface area contributed by atoms with Crippen LogP contribution in [0.5, 0.6) is 23.0 Å². The van der Waals surface area contributed by atoms with Crippen molar-refractivity contribution >= 4 is 5.97 Å². The molecular formula is C25H27NO6. The molecule has 3 rings (SSSR count). The number of carbonyl (C=O) groups is 1. The first-order valence-corrected chi connectivity index (χ1v) is 9.97. The van der Waals surface area contributed by atoms with Crippen LogP contribution in [0.4, 0.5) is 0 Å². The summed E-state index contributed by atoms with van der Waals surface area (Å²) in [6.45, 7) is 1.93. The summed E-state index contributed by atoms with van der Waals surface area (Å²) in [6.07, 6.45) is 3.88. The molecule has 1 aromatic heterocycles. The lowest BCUT2D eigenvalue weighted by atomic mass is 9.93. The third-order valence-corrected chi connectivity index (χ3v) is 5.35. The Morgan fingerprint density at radius 2 is 1.53 bits per heavy atom. The van der Waals surface area contributed by atoms with E-state index in [1.165, 1.54) is 7.11 Å². The summed E-state index contributed by atoms with van der Waals surface area (Å²) in [5, 5.41) is 0. The minimum absolute atomic E-state index is 0.417. The summed E-state index contributed by atoms with van der Waals surface area (Å²) >= 11 is 0. The molecule has 0 fully saturated rings. The zero-order valence-corrected chi connectivity index (χ0v) is 19.1. The number of nitrogens with zero attached hydrogens (tertiary/aromatic N) is 1. The number of ether oxygens (including phenoxy) is 5. The predicted molar refractivity (Wildman–Crippen MR) is 121 cm³/mol. The fourth-order valence-corrected chi connectivity index (χ4v) is 3.82. The van der Waals surface area contributed by atoms with Crippen LogP contribution in [0.3, 0.4) is 0 Å². The quantitative estimate of drug-likeness (QED) is 0.481. The summed E-state index contributed by atoms with van der Waals surface area (Å²) in [5.41, 5.74) is 4.67. The van der Waals surface area contributed by atoms with Gasteiger partial charge in [0.15, 0.2) is 11.5 Å². The highest BCUT2D eigenvalue weighted by Crippen LogP contribution is 2.49. The molecule has 0 saturated heterocycles.